The molecule has 0 saturated heterocycles. The van der Waals surface area contributed by atoms with Gasteiger partial charge in [0.2, 0.25) is 0 Å². The zero-order valence-electron chi connectivity index (χ0n) is 11.5. The van der Waals surface area contributed by atoms with E-state index in [1.165, 1.54) is 12.8 Å². The van der Waals surface area contributed by atoms with Crippen LogP contribution in [0.3, 0.4) is 0 Å². The minimum Gasteiger partial charge on any atom is -0.490 e. The second-order valence-corrected chi connectivity index (χ2v) is 6.23. The summed E-state index contributed by atoms with van der Waals surface area (Å²) in [4.78, 5) is 9.17. The topological polar surface area (TPSA) is 44.2 Å². The van der Waals surface area contributed by atoms with Gasteiger partial charge >= 0.3 is 0 Å². The smallest absolute Gasteiger partial charge is 0.161 e. The molecule has 1 fully saturated rings. The fraction of sp³-hybridized carbons (Fsp3) is 0.375. The summed E-state index contributed by atoms with van der Waals surface area (Å²) in [6.07, 6.45) is 3.29. The molecule has 2 heterocycles. The van der Waals surface area contributed by atoms with E-state index in [0.29, 0.717) is 19.1 Å². The van der Waals surface area contributed by atoms with Crippen molar-refractivity contribution < 1.29 is 9.47 Å². The van der Waals surface area contributed by atoms with E-state index >= 15 is 0 Å². The maximum absolute atomic E-state index is 5.75. The summed E-state index contributed by atoms with van der Waals surface area (Å²) in [5.41, 5.74) is 1.96. The van der Waals surface area contributed by atoms with Gasteiger partial charge in [0, 0.05) is 17.9 Å². The molecule has 0 amide bonds. The van der Waals surface area contributed by atoms with Crippen molar-refractivity contribution in [3.8, 4) is 22.8 Å². The van der Waals surface area contributed by atoms with E-state index in [2.05, 4.69) is 20.9 Å². The molecule has 4 rings (SSSR count). The zero-order valence-corrected chi connectivity index (χ0v) is 13.1. The van der Waals surface area contributed by atoms with Crippen molar-refractivity contribution in [3.05, 3.63) is 34.7 Å². The minimum atomic E-state index is 0.529. The Morgan fingerprint density at radius 2 is 1.81 bits per heavy atom. The highest BCUT2D eigenvalue weighted by Crippen LogP contribution is 2.40. The summed E-state index contributed by atoms with van der Waals surface area (Å²) in [5.74, 6) is 3.08. The SMILES string of the molecule is Brc1cc(-c2ccc3c(c2)OCCCO3)nc(C2CC2)n1. The highest BCUT2D eigenvalue weighted by atomic mass is 79.9. The molecule has 0 N–H and O–H groups in total. The number of hydrogen-bond donors (Lipinski definition) is 0. The van der Waals surface area contributed by atoms with Crippen LogP contribution in [-0.2, 0) is 0 Å². The predicted octanol–water partition coefficient (Wildman–Crippen LogP) is 3.94. The second kappa shape index (κ2) is 5.30. The molecule has 108 valence electrons. The van der Waals surface area contributed by atoms with Crippen LogP contribution in [0.2, 0.25) is 0 Å². The van der Waals surface area contributed by atoms with Gasteiger partial charge in [-0.25, -0.2) is 9.97 Å². The fourth-order valence-corrected chi connectivity index (χ4v) is 2.83. The second-order valence-electron chi connectivity index (χ2n) is 5.42. The van der Waals surface area contributed by atoms with Gasteiger partial charge in [0.25, 0.3) is 0 Å². The number of aromatic nitrogens is 2. The van der Waals surface area contributed by atoms with Crippen molar-refractivity contribution in [1.29, 1.82) is 0 Å². The molecular weight excluding hydrogens is 332 g/mol. The van der Waals surface area contributed by atoms with Crippen molar-refractivity contribution in [2.75, 3.05) is 13.2 Å². The summed E-state index contributed by atoms with van der Waals surface area (Å²) in [7, 11) is 0. The van der Waals surface area contributed by atoms with Crippen molar-refractivity contribution in [2.24, 2.45) is 0 Å². The van der Waals surface area contributed by atoms with Crippen molar-refractivity contribution >= 4 is 15.9 Å². The quantitative estimate of drug-likeness (QED) is 0.772. The molecule has 4 nitrogen and oxygen atoms in total. The van der Waals surface area contributed by atoms with Crippen LogP contribution in [0.4, 0.5) is 0 Å². The van der Waals surface area contributed by atoms with Crippen LogP contribution in [0.1, 0.15) is 31.0 Å². The molecule has 0 spiro atoms. The molecule has 0 unspecified atom stereocenters. The maximum atomic E-state index is 5.75. The first-order valence-electron chi connectivity index (χ1n) is 7.24. The van der Waals surface area contributed by atoms with Crippen LogP contribution < -0.4 is 9.47 Å². The first-order chi connectivity index (χ1) is 10.3. The Kier molecular flexibility index (Phi) is 3.30. The lowest BCUT2D eigenvalue weighted by Gasteiger charge is -2.10. The Hall–Kier alpha value is -1.62. The molecular formula is C16H15BrN2O2. The molecule has 2 aliphatic rings. The molecule has 0 radical (unpaired) electrons. The lowest BCUT2D eigenvalue weighted by atomic mass is 10.1. The Balaban J connectivity index is 1.74. The van der Waals surface area contributed by atoms with Crippen molar-refractivity contribution in [1.82, 2.24) is 9.97 Å². The lowest BCUT2D eigenvalue weighted by Crippen LogP contribution is -1.97. The summed E-state index contributed by atoms with van der Waals surface area (Å²) in [6, 6.07) is 7.94. The lowest BCUT2D eigenvalue weighted by molar-refractivity contribution is 0.297. The number of ether oxygens (including phenoxy) is 2. The van der Waals surface area contributed by atoms with Crippen LogP contribution in [0.5, 0.6) is 11.5 Å². The first-order valence-corrected chi connectivity index (χ1v) is 8.03. The fourth-order valence-electron chi connectivity index (χ4n) is 2.43. The Morgan fingerprint density at radius 3 is 2.62 bits per heavy atom. The van der Waals surface area contributed by atoms with Crippen LogP contribution in [-0.4, -0.2) is 23.2 Å². The van der Waals surface area contributed by atoms with Gasteiger partial charge in [-0.15, -0.1) is 0 Å². The first kappa shape index (κ1) is 13.1. The molecule has 2 aromatic rings. The molecule has 1 aliphatic carbocycles. The number of nitrogens with zero attached hydrogens (tertiary/aromatic N) is 2. The standard InChI is InChI=1S/C16H15BrN2O2/c17-15-9-12(18-16(19-15)10-2-3-10)11-4-5-13-14(8-11)21-7-1-6-20-13/h4-5,8-10H,1-3,6-7H2. The number of hydrogen-bond acceptors (Lipinski definition) is 4. The Morgan fingerprint density at radius 1 is 1.00 bits per heavy atom. The van der Waals surface area contributed by atoms with Crippen LogP contribution in [0.25, 0.3) is 11.3 Å². The number of fused-ring (bicyclic) bond motifs is 1. The van der Waals surface area contributed by atoms with E-state index in [1.807, 2.05) is 24.3 Å². The molecule has 5 heteroatoms. The van der Waals surface area contributed by atoms with Gasteiger partial charge in [0.05, 0.1) is 18.9 Å². The van der Waals surface area contributed by atoms with Crippen molar-refractivity contribution in [2.45, 2.75) is 25.2 Å². The van der Waals surface area contributed by atoms with E-state index in [0.717, 1.165) is 39.6 Å². The average molecular weight is 347 g/mol. The van der Waals surface area contributed by atoms with Crippen molar-refractivity contribution in [3.63, 3.8) is 0 Å². The minimum absolute atomic E-state index is 0.529. The Labute approximate surface area is 131 Å². The van der Waals surface area contributed by atoms with E-state index in [-0.39, 0.29) is 0 Å². The third-order valence-corrected chi connectivity index (χ3v) is 4.10. The van der Waals surface area contributed by atoms with E-state index in [9.17, 15) is 0 Å². The molecule has 21 heavy (non-hydrogen) atoms. The van der Waals surface area contributed by atoms with Gasteiger partial charge in [-0.05, 0) is 53.0 Å². The summed E-state index contributed by atoms with van der Waals surface area (Å²) in [6.45, 7) is 1.40. The van der Waals surface area contributed by atoms with Gasteiger partial charge in [-0.1, -0.05) is 0 Å². The van der Waals surface area contributed by atoms with Crippen LogP contribution >= 0.6 is 15.9 Å². The highest BCUT2D eigenvalue weighted by Gasteiger charge is 2.27. The van der Waals surface area contributed by atoms with Gasteiger partial charge in [0.1, 0.15) is 10.4 Å². The normalized spacial score (nSPS) is 17.4. The molecule has 1 aliphatic heterocycles. The number of rotatable bonds is 2. The third kappa shape index (κ3) is 2.75. The van der Waals surface area contributed by atoms with Gasteiger partial charge in [-0.3, -0.25) is 0 Å². The molecule has 1 saturated carbocycles. The van der Waals surface area contributed by atoms with Gasteiger partial charge in [0.15, 0.2) is 11.5 Å². The predicted molar refractivity (Wildman–Crippen MR) is 82.8 cm³/mol. The van der Waals surface area contributed by atoms with Crippen LogP contribution in [0, 0.1) is 0 Å². The summed E-state index contributed by atoms with van der Waals surface area (Å²) >= 11 is 3.49. The highest BCUT2D eigenvalue weighted by molar-refractivity contribution is 9.10. The van der Waals surface area contributed by atoms with Gasteiger partial charge in [-0.2, -0.15) is 0 Å². The van der Waals surface area contributed by atoms with E-state index < -0.39 is 0 Å². The molecule has 0 atom stereocenters. The van der Waals surface area contributed by atoms with E-state index in [4.69, 9.17) is 14.5 Å². The number of halogens is 1. The number of benzene rings is 1. The molecule has 1 aromatic carbocycles. The molecule has 1 aromatic heterocycles. The maximum Gasteiger partial charge on any atom is 0.161 e. The zero-order chi connectivity index (χ0) is 14.2. The Bertz CT molecular complexity index is 686. The monoisotopic (exact) mass is 346 g/mol. The third-order valence-electron chi connectivity index (χ3n) is 3.70. The largest absolute Gasteiger partial charge is 0.490 e. The van der Waals surface area contributed by atoms with Crippen LogP contribution in [0.15, 0.2) is 28.9 Å². The van der Waals surface area contributed by atoms with Gasteiger partial charge < -0.3 is 9.47 Å². The summed E-state index contributed by atoms with van der Waals surface area (Å²) in [5, 5.41) is 0. The molecule has 0 bridgehead atoms. The van der Waals surface area contributed by atoms with E-state index in [1.54, 1.807) is 0 Å². The summed E-state index contributed by atoms with van der Waals surface area (Å²) < 4.78 is 12.3. The average Bonchev–Trinajstić information content (AvgIpc) is 3.32.